The van der Waals surface area contributed by atoms with Crippen LogP contribution in [0.3, 0.4) is 0 Å². The Hall–Kier alpha value is -0.830. The van der Waals surface area contributed by atoms with E-state index in [1.165, 1.54) is 103 Å². The molecule has 0 fully saturated rings. The highest BCUT2D eigenvalue weighted by atomic mass is 16.5. The maximum absolute atomic E-state index is 11.2. The molecule has 1 N–H and O–H groups in total. The molecule has 0 amide bonds. The first-order valence-electron chi connectivity index (χ1n) is 12.6. The van der Waals surface area contributed by atoms with Gasteiger partial charge in [-0.2, -0.15) is 0 Å². The van der Waals surface area contributed by atoms with E-state index in [0.29, 0.717) is 12.2 Å². The Labute approximate surface area is 182 Å². The van der Waals surface area contributed by atoms with Crippen molar-refractivity contribution in [3.8, 4) is 0 Å². The molecule has 0 rings (SSSR count). The maximum Gasteiger partial charge on any atom is 0.333 e. The number of carbonyl (C=O) groups is 1. The predicted molar refractivity (Wildman–Crippen MR) is 127 cm³/mol. The van der Waals surface area contributed by atoms with E-state index in [-0.39, 0.29) is 5.97 Å². The molecule has 0 radical (unpaired) electrons. The van der Waals surface area contributed by atoms with Gasteiger partial charge < -0.3 is 10.1 Å². The van der Waals surface area contributed by atoms with Gasteiger partial charge in [-0.05, 0) is 25.8 Å². The van der Waals surface area contributed by atoms with E-state index in [1.807, 2.05) is 0 Å². The Morgan fingerprint density at radius 2 is 1.14 bits per heavy atom. The van der Waals surface area contributed by atoms with Crippen molar-refractivity contribution in [2.75, 3.05) is 19.7 Å². The molecular weight excluding hydrogens is 358 g/mol. The second-order valence-corrected chi connectivity index (χ2v) is 9.15. The number of hydrogen-bond donors (Lipinski definition) is 1. The number of nitrogens with one attached hydrogen (secondary N) is 1. The fraction of sp³-hybridized carbons (Fsp3) is 0.885. The number of ether oxygens (including phenoxy) is 1. The van der Waals surface area contributed by atoms with Gasteiger partial charge in [0, 0.05) is 12.1 Å². The molecule has 3 nitrogen and oxygen atoms in total. The summed E-state index contributed by atoms with van der Waals surface area (Å²) in [5.74, 6) is 0.586. The quantitative estimate of drug-likeness (QED) is 0.114. The first-order chi connectivity index (χ1) is 14.0. The van der Waals surface area contributed by atoms with Crippen molar-refractivity contribution in [2.45, 2.75) is 124 Å². The van der Waals surface area contributed by atoms with E-state index in [2.05, 4.69) is 25.7 Å². The smallest absolute Gasteiger partial charge is 0.333 e. The van der Waals surface area contributed by atoms with Gasteiger partial charge in [-0.1, -0.05) is 117 Å². The second kappa shape index (κ2) is 21.9. The summed E-state index contributed by atoms with van der Waals surface area (Å²) in [7, 11) is 0. The lowest BCUT2D eigenvalue weighted by atomic mass is 10.0. The minimum absolute atomic E-state index is 0.292. The van der Waals surface area contributed by atoms with Gasteiger partial charge in [0.1, 0.15) is 6.61 Å². The second-order valence-electron chi connectivity index (χ2n) is 9.15. The Kier molecular flexibility index (Phi) is 21.2. The normalized spacial score (nSPS) is 11.2. The lowest BCUT2D eigenvalue weighted by Crippen LogP contribution is -2.22. The molecule has 0 saturated heterocycles. The van der Waals surface area contributed by atoms with Crippen LogP contribution in [0.15, 0.2) is 12.2 Å². The summed E-state index contributed by atoms with van der Waals surface area (Å²) in [6, 6.07) is 0. The van der Waals surface area contributed by atoms with E-state index in [9.17, 15) is 4.79 Å². The lowest BCUT2D eigenvalue weighted by Gasteiger charge is -2.06. The highest BCUT2D eigenvalue weighted by Crippen LogP contribution is 2.14. The number of rotatable bonds is 22. The monoisotopic (exact) mass is 409 g/mol. The van der Waals surface area contributed by atoms with Crippen LogP contribution in [0.2, 0.25) is 0 Å². The maximum atomic E-state index is 11.2. The van der Waals surface area contributed by atoms with Crippen LogP contribution in [0.4, 0.5) is 0 Å². The third-order valence-corrected chi connectivity index (χ3v) is 5.50. The molecule has 0 atom stereocenters. The lowest BCUT2D eigenvalue weighted by molar-refractivity contribution is -0.138. The van der Waals surface area contributed by atoms with Gasteiger partial charge in [0.15, 0.2) is 0 Å². The van der Waals surface area contributed by atoms with Crippen molar-refractivity contribution in [2.24, 2.45) is 5.92 Å². The molecule has 0 aliphatic rings. The minimum Gasteiger partial charge on any atom is -0.461 e. The summed E-state index contributed by atoms with van der Waals surface area (Å²) in [4.78, 5) is 11.2. The van der Waals surface area contributed by atoms with Crippen molar-refractivity contribution in [3.05, 3.63) is 12.2 Å². The van der Waals surface area contributed by atoms with Crippen molar-refractivity contribution >= 4 is 5.97 Å². The third kappa shape index (κ3) is 23.3. The van der Waals surface area contributed by atoms with E-state index in [0.717, 1.165) is 19.0 Å². The molecule has 0 aromatic rings. The molecular formula is C26H51NO2. The van der Waals surface area contributed by atoms with E-state index < -0.39 is 0 Å². The molecule has 0 spiro atoms. The molecule has 0 saturated carbocycles. The average molecular weight is 410 g/mol. The molecule has 0 aliphatic heterocycles. The molecule has 0 aromatic carbocycles. The Balaban J connectivity index is 3.07. The third-order valence-electron chi connectivity index (χ3n) is 5.50. The molecule has 0 bridgehead atoms. The number of hydrogen-bond acceptors (Lipinski definition) is 3. The zero-order valence-corrected chi connectivity index (χ0v) is 20.0. The fourth-order valence-corrected chi connectivity index (χ4v) is 3.56. The standard InChI is InChI=1S/C26H51NO2/c1-24(2)20-18-16-14-12-10-8-6-5-7-9-11-13-15-17-19-21-27-22-23-29-26(28)25(3)4/h24,27H,3,5-23H2,1-2,4H3. The zero-order chi connectivity index (χ0) is 21.6. The molecule has 0 heterocycles. The van der Waals surface area contributed by atoms with E-state index in [1.54, 1.807) is 6.92 Å². The van der Waals surface area contributed by atoms with Crippen LogP contribution in [0.25, 0.3) is 0 Å². The first kappa shape index (κ1) is 28.2. The van der Waals surface area contributed by atoms with Gasteiger partial charge in [0.05, 0.1) is 0 Å². The molecule has 0 aliphatic carbocycles. The van der Waals surface area contributed by atoms with Gasteiger partial charge in [-0.15, -0.1) is 0 Å². The van der Waals surface area contributed by atoms with Crippen LogP contribution in [-0.4, -0.2) is 25.7 Å². The number of carbonyl (C=O) groups excluding carboxylic acids is 1. The number of esters is 1. The fourth-order valence-electron chi connectivity index (χ4n) is 3.56. The Morgan fingerprint density at radius 1 is 0.724 bits per heavy atom. The van der Waals surface area contributed by atoms with Crippen LogP contribution in [-0.2, 0) is 9.53 Å². The van der Waals surface area contributed by atoms with Crippen LogP contribution < -0.4 is 5.32 Å². The van der Waals surface area contributed by atoms with Gasteiger partial charge in [-0.3, -0.25) is 0 Å². The summed E-state index contributed by atoms with van der Waals surface area (Å²) < 4.78 is 5.04. The molecule has 0 aromatic heterocycles. The van der Waals surface area contributed by atoms with Crippen LogP contribution in [0, 0.1) is 5.92 Å². The Bertz CT molecular complexity index is 379. The summed E-state index contributed by atoms with van der Waals surface area (Å²) in [5, 5.41) is 3.33. The van der Waals surface area contributed by atoms with Crippen LogP contribution in [0.1, 0.15) is 124 Å². The predicted octanol–water partition coefficient (Wildman–Crippen LogP) is 7.59. The van der Waals surface area contributed by atoms with Gasteiger partial charge >= 0.3 is 5.97 Å². The average Bonchev–Trinajstić information content (AvgIpc) is 2.68. The van der Waals surface area contributed by atoms with Crippen molar-refractivity contribution in [1.82, 2.24) is 5.32 Å². The van der Waals surface area contributed by atoms with E-state index >= 15 is 0 Å². The van der Waals surface area contributed by atoms with Crippen LogP contribution >= 0.6 is 0 Å². The minimum atomic E-state index is -0.292. The summed E-state index contributed by atoms with van der Waals surface area (Å²) in [5.41, 5.74) is 0.466. The first-order valence-corrected chi connectivity index (χ1v) is 12.6. The highest BCUT2D eigenvalue weighted by molar-refractivity contribution is 5.86. The van der Waals surface area contributed by atoms with Crippen molar-refractivity contribution < 1.29 is 9.53 Å². The van der Waals surface area contributed by atoms with Gasteiger partial charge in [0.25, 0.3) is 0 Å². The van der Waals surface area contributed by atoms with Crippen LogP contribution in [0.5, 0.6) is 0 Å². The molecule has 29 heavy (non-hydrogen) atoms. The molecule has 172 valence electrons. The molecule has 3 heteroatoms. The Morgan fingerprint density at radius 3 is 1.55 bits per heavy atom. The number of unbranched alkanes of at least 4 members (excludes halogenated alkanes) is 14. The summed E-state index contributed by atoms with van der Waals surface area (Å²) >= 11 is 0. The molecule has 0 unspecified atom stereocenters. The van der Waals surface area contributed by atoms with E-state index in [4.69, 9.17) is 4.74 Å². The van der Waals surface area contributed by atoms with Gasteiger partial charge in [0.2, 0.25) is 0 Å². The largest absolute Gasteiger partial charge is 0.461 e. The highest BCUT2D eigenvalue weighted by Gasteiger charge is 2.01. The zero-order valence-electron chi connectivity index (χ0n) is 20.0. The van der Waals surface area contributed by atoms with Crippen molar-refractivity contribution in [1.29, 1.82) is 0 Å². The topological polar surface area (TPSA) is 38.3 Å². The van der Waals surface area contributed by atoms with Crippen molar-refractivity contribution in [3.63, 3.8) is 0 Å². The SMILES string of the molecule is C=C(C)C(=O)OCCNCCCCCCCCCCCCCCCCCC(C)C. The summed E-state index contributed by atoms with van der Waals surface area (Å²) in [6.07, 6.45) is 22.5. The summed E-state index contributed by atoms with van der Waals surface area (Å²) in [6.45, 7) is 12.1. The van der Waals surface area contributed by atoms with Gasteiger partial charge in [-0.25, -0.2) is 4.79 Å².